The number of carbonyl (C=O) groups is 2. The molecule has 2 unspecified atom stereocenters. The van der Waals surface area contributed by atoms with Gasteiger partial charge in [0.25, 0.3) is 0 Å². The molecule has 0 saturated carbocycles. The Labute approximate surface area is 147 Å². The summed E-state index contributed by atoms with van der Waals surface area (Å²) >= 11 is 0. The molecular weight excluding hydrogens is 316 g/mol. The van der Waals surface area contributed by atoms with E-state index in [0.717, 1.165) is 17.5 Å². The van der Waals surface area contributed by atoms with Crippen LogP contribution in [0.15, 0.2) is 48.5 Å². The molecular formula is C20H22N2O3. The van der Waals surface area contributed by atoms with Crippen molar-refractivity contribution in [3.05, 3.63) is 65.2 Å². The molecule has 0 saturated heterocycles. The Morgan fingerprint density at radius 2 is 1.96 bits per heavy atom. The first-order chi connectivity index (χ1) is 12.1. The lowest BCUT2D eigenvalue weighted by molar-refractivity contribution is -0.127. The van der Waals surface area contributed by atoms with Gasteiger partial charge >= 0.3 is 0 Å². The molecule has 0 aromatic heterocycles. The van der Waals surface area contributed by atoms with E-state index in [4.69, 9.17) is 0 Å². The number of aliphatic hydroxyl groups is 1. The minimum atomic E-state index is -0.547. The second kappa shape index (κ2) is 7.49. The standard InChI is InChI=1S/C20H22N2O3/c1-2-13-7-9-14(10-8-13)18(12-23)22-20(25)16-11-19(24)21-17-6-4-3-5-15(16)17/h3-10,16,18,23H,2,11-12H2,1H3,(H,21,24)(H,22,25). The van der Waals surface area contributed by atoms with Crippen molar-refractivity contribution in [3.63, 3.8) is 0 Å². The van der Waals surface area contributed by atoms with Gasteiger partial charge in [0, 0.05) is 12.1 Å². The molecule has 3 N–H and O–H groups in total. The molecule has 3 rings (SSSR count). The highest BCUT2D eigenvalue weighted by Crippen LogP contribution is 2.32. The van der Waals surface area contributed by atoms with E-state index in [1.807, 2.05) is 42.5 Å². The summed E-state index contributed by atoms with van der Waals surface area (Å²) < 4.78 is 0. The second-order valence-electron chi connectivity index (χ2n) is 6.23. The molecule has 0 fully saturated rings. The normalized spacial score (nSPS) is 17.4. The lowest BCUT2D eigenvalue weighted by atomic mass is 9.89. The minimum Gasteiger partial charge on any atom is -0.394 e. The van der Waals surface area contributed by atoms with E-state index in [0.29, 0.717) is 5.69 Å². The molecule has 5 heteroatoms. The SMILES string of the molecule is CCc1ccc(C(CO)NC(=O)C2CC(=O)Nc3ccccc32)cc1. The van der Waals surface area contributed by atoms with Gasteiger partial charge in [-0.3, -0.25) is 9.59 Å². The Hall–Kier alpha value is -2.66. The Morgan fingerprint density at radius 3 is 2.64 bits per heavy atom. The highest BCUT2D eigenvalue weighted by molar-refractivity contribution is 6.01. The first kappa shape index (κ1) is 17.2. The van der Waals surface area contributed by atoms with Crippen molar-refractivity contribution in [1.82, 2.24) is 5.32 Å². The van der Waals surface area contributed by atoms with E-state index < -0.39 is 12.0 Å². The third kappa shape index (κ3) is 3.72. The van der Waals surface area contributed by atoms with Gasteiger partial charge in [-0.15, -0.1) is 0 Å². The zero-order chi connectivity index (χ0) is 17.8. The zero-order valence-electron chi connectivity index (χ0n) is 14.2. The molecule has 2 amide bonds. The van der Waals surface area contributed by atoms with Crippen LogP contribution in [0.25, 0.3) is 0 Å². The summed E-state index contributed by atoms with van der Waals surface area (Å²) in [6.45, 7) is 1.88. The van der Waals surface area contributed by atoms with Crippen LogP contribution in [-0.2, 0) is 16.0 Å². The van der Waals surface area contributed by atoms with E-state index in [2.05, 4.69) is 17.6 Å². The van der Waals surface area contributed by atoms with E-state index in [-0.39, 0.29) is 24.8 Å². The second-order valence-corrected chi connectivity index (χ2v) is 6.23. The van der Waals surface area contributed by atoms with E-state index >= 15 is 0 Å². The van der Waals surface area contributed by atoms with Crippen LogP contribution in [0.2, 0.25) is 0 Å². The lowest BCUT2D eigenvalue weighted by Gasteiger charge is -2.27. The van der Waals surface area contributed by atoms with Gasteiger partial charge in [0.1, 0.15) is 0 Å². The van der Waals surface area contributed by atoms with Crippen LogP contribution in [0.3, 0.4) is 0 Å². The molecule has 2 aromatic rings. The number of para-hydroxylation sites is 1. The summed E-state index contributed by atoms with van der Waals surface area (Å²) in [5, 5.41) is 15.4. The van der Waals surface area contributed by atoms with E-state index in [1.165, 1.54) is 5.56 Å². The van der Waals surface area contributed by atoms with Gasteiger partial charge in [-0.1, -0.05) is 49.4 Å². The average Bonchev–Trinajstić information content (AvgIpc) is 2.65. The number of hydrogen-bond donors (Lipinski definition) is 3. The average molecular weight is 338 g/mol. The minimum absolute atomic E-state index is 0.107. The molecule has 0 radical (unpaired) electrons. The number of fused-ring (bicyclic) bond motifs is 1. The predicted molar refractivity (Wildman–Crippen MR) is 96.2 cm³/mol. The Morgan fingerprint density at radius 1 is 1.24 bits per heavy atom. The summed E-state index contributed by atoms with van der Waals surface area (Å²) in [6, 6.07) is 14.7. The predicted octanol–water partition coefficient (Wildman–Crippen LogP) is 2.52. The van der Waals surface area contributed by atoms with Gasteiger partial charge in [-0.05, 0) is 29.2 Å². The quantitative estimate of drug-likeness (QED) is 0.784. The molecule has 130 valence electrons. The van der Waals surface area contributed by atoms with Crippen LogP contribution in [0.4, 0.5) is 5.69 Å². The van der Waals surface area contributed by atoms with Crippen molar-refractivity contribution in [1.29, 1.82) is 0 Å². The Bertz CT molecular complexity index is 771. The topological polar surface area (TPSA) is 78.4 Å². The van der Waals surface area contributed by atoms with Crippen LogP contribution >= 0.6 is 0 Å². The molecule has 5 nitrogen and oxygen atoms in total. The van der Waals surface area contributed by atoms with Crippen LogP contribution in [0, 0.1) is 0 Å². The summed E-state index contributed by atoms with van der Waals surface area (Å²) in [5.41, 5.74) is 3.52. The number of hydrogen-bond acceptors (Lipinski definition) is 3. The van der Waals surface area contributed by atoms with Gasteiger partial charge in [0.15, 0.2) is 0 Å². The van der Waals surface area contributed by atoms with Crippen molar-refractivity contribution in [2.45, 2.75) is 31.7 Å². The maximum absolute atomic E-state index is 12.8. The number of aryl methyl sites for hydroxylation is 1. The fourth-order valence-corrected chi connectivity index (χ4v) is 3.14. The highest BCUT2D eigenvalue weighted by Gasteiger charge is 2.31. The lowest BCUT2D eigenvalue weighted by Crippen LogP contribution is -2.38. The first-order valence-corrected chi connectivity index (χ1v) is 8.51. The van der Waals surface area contributed by atoms with Gasteiger partial charge < -0.3 is 15.7 Å². The van der Waals surface area contributed by atoms with Crippen molar-refractivity contribution >= 4 is 17.5 Å². The molecule has 2 aromatic carbocycles. The molecule has 25 heavy (non-hydrogen) atoms. The molecule has 1 aliphatic rings. The molecule has 0 bridgehead atoms. The fraction of sp³-hybridized carbons (Fsp3) is 0.300. The van der Waals surface area contributed by atoms with E-state index in [1.54, 1.807) is 6.07 Å². The molecule has 1 aliphatic heterocycles. The Balaban J connectivity index is 1.79. The van der Waals surface area contributed by atoms with Crippen LogP contribution in [0.1, 0.15) is 42.0 Å². The Kier molecular flexibility index (Phi) is 5.14. The molecule has 0 spiro atoms. The van der Waals surface area contributed by atoms with Crippen molar-refractivity contribution < 1.29 is 14.7 Å². The number of nitrogens with one attached hydrogen (secondary N) is 2. The molecule has 0 aliphatic carbocycles. The fourth-order valence-electron chi connectivity index (χ4n) is 3.14. The number of carbonyl (C=O) groups excluding carboxylic acids is 2. The van der Waals surface area contributed by atoms with Gasteiger partial charge in [0.2, 0.25) is 11.8 Å². The summed E-state index contributed by atoms with van der Waals surface area (Å²) in [7, 11) is 0. The summed E-state index contributed by atoms with van der Waals surface area (Å²) in [5.74, 6) is -0.971. The maximum Gasteiger partial charge on any atom is 0.228 e. The molecule has 2 atom stereocenters. The third-order valence-electron chi connectivity index (χ3n) is 4.61. The summed E-state index contributed by atoms with van der Waals surface area (Å²) in [4.78, 5) is 24.7. The number of anilines is 1. The zero-order valence-corrected chi connectivity index (χ0v) is 14.2. The van der Waals surface area contributed by atoms with E-state index in [9.17, 15) is 14.7 Å². The number of benzene rings is 2. The monoisotopic (exact) mass is 338 g/mol. The highest BCUT2D eigenvalue weighted by atomic mass is 16.3. The van der Waals surface area contributed by atoms with Gasteiger partial charge in [-0.2, -0.15) is 0 Å². The van der Waals surface area contributed by atoms with Crippen molar-refractivity contribution in [3.8, 4) is 0 Å². The van der Waals surface area contributed by atoms with Crippen LogP contribution in [-0.4, -0.2) is 23.5 Å². The third-order valence-corrected chi connectivity index (χ3v) is 4.61. The van der Waals surface area contributed by atoms with Gasteiger partial charge in [0.05, 0.1) is 18.6 Å². The maximum atomic E-state index is 12.8. The molecule has 1 heterocycles. The van der Waals surface area contributed by atoms with Crippen molar-refractivity contribution in [2.75, 3.05) is 11.9 Å². The largest absolute Gasteiger partial charge is 0.394 e. The number of rotatable bonds is 5. The van der Waals surface area contributed by atoms with Crippen LogP contribution in [0.5, 0.6) is 0 Å². The van der Waals surface area contributed by atoms with Crippen molar-refractivity contribution in [2.24, 2.45) is 0 Å². The van der Waals surface area contributed by atoms with Crippen LogP contribution < -0.4 is 10.6 Å². The smallest absolute Gasteiger partial charge is 0.228 e. The first-order valence-electron chi connectivity index (χ1n) is 8.51. The summed E-state index contributed by atoms with van der Waals surface area (Å²) in [6.07, 6.45) is 1.04. The van der Waals surface area contributed by atoms with Gasteiger partial charge in [-0.25, -0.2) is 0 Å². The number of amides is 2. The number of aliphatic hydroxyl groups excluding tert-OH is 1.